The van der Waals surface area contributed by atoms with E-state index in [0.29, 0.717) is 21.6 Å². The number of carbonyl (C=O) groups excluding carboxylic acids is 1. The summed E-state index contributed by atoms with van der Waals surface area (Å²) < 4.78 is 0.482. The second-order valence-electron chi connectivity index (χ2n) is 4.79. The maximum atomic E-state index is 11.2. The highest BCUT2D eigenvalue weighted by atomic mass is 32.1. The van der Waals surface area contributed by atoms with Crippen LogP contribution < -0.4 is 11.5 Å². The number of nitrogen functional groups attached to an aromatic ring is 1. The predicted octanol–water partition coefficient (Wildman–Crippen LogP) is 2.19. The van der Waals surface area contributed by atoms with Crippen LogP contribution in [0.3, 0.4) is 0 Å². The molecule has 0 atom stereocenters. The molecule has 1 aromatic heterocycles. The highest BCUT2D eigenvalue weighted by Gasteiger charge is 2.14. The third-order valence-electron chi connectivity index (χ3n) is 3.30. The van der Waals surface area contributed by atoms with Gasteiger partial charge in [0, 0.05) is 48.8 Å². The van der Waals surface area contributed by atoms with Crippen LogP contribution in [0.5, 0.6) is 0 Å². The van der Waals surface area contributed by atoms with Gasteiger partial charge in [-0.1, -0.05) is 24.4 Å². The Morgan fingerprint density at radius 2 is 1.70 bits per heavy atom. The van der Waals surface area contributed by atoms with Crippen molar-refractivity contribution in [3.63, 3.8) is 0 Å². The number of pyridine rings is 1. The van der Waals surface area contributed by atoms with Crippen molar-refractivity contribution in [2.24, 2.45) is 15.7 Å². The molecule has 2 aromatic rings. The molecule has 5 N–H and O–H groups in total. The first kappa shape index (κ1) is 16.6. The minimum atomic E-state index is -0.480. The minimum Gasteiger partial charge on any atom is -0.385 e. The van der Waals surface area contributed by atoms with Crippen LogP contribution in [0.2, 0.25) is 0 Å². The molecule has 118 valence electrons. The molecule has 0 bridgehead atoms. The number of hydrogen-bond acceptors (Lipinski definition) is 5. The van der Waals surface area contributed by atoms with Gasteiger partial charge in [-0.15, -0.1) is 0 Å². The molecule has 1 aromatic carbocycles. The van der Waals surface area contributed by atoms with E-state index in [4.69, 9.17) is 23.7 Å². The molecule has 0 aliphatic rings. The first-order valence-electron chi connectivity index (χ1n) is 6.80. The number of anilines is 1. The van der Waals surface area contributed by atoms with E-state index >= 15 is 0 Å². The number of nitrogens with zero attached hydrogens (tertiary/aromatic N) is 2. The minimum absolute atomic E-state index is 0.419. The molecule has 0 aliphatic carbocycles. The maximum Gasteiger partial charge on any atom is 0.248 e. The van der Waals surface area contributed by atoms with E-state index in [0.717, 1.165) is 16.7 Å². The summed E-state index contributed by atoms with van der Waals surface area (Å²) in [5.41, 5.74) is 14.9. The number of H-pyrrole nitrogens is 1. The molecule has 1 amide bonds. The molecule has 2 rings (SSSR count). The molecule has 0 fully saturated rings. The predicted molar refractivity (Wildman–Crippen MR) is 97.0 cm³/mol. The van der Waals surface area contributed by atoms with Gasteiger partial charge in [0.2, 0.25) is 5.91 Å². The van der Waals surface area contributed by atoms with Crippen LogP contribution in [0.15, 0.2) is 34.3 Å². The Kier molecular flexibility index (Phi) is 5.02. The Hall–Kier alpha value is -2.80. The first-order chi connectivity index (χ1) is 11.0. The first-order valence-corrected chi connectivity index (χ1v) is 7.20. The molecule has 23 heavy (non-hydrogen) atoms. The molecule has 0 spiro atoms. The summed E-state index contributed by atoms with van der Waals surface area (Å²) in [5, 5.41) is 0. The van der Waals surface area contributed by atoms with E-state index in [9.17, 15) is 4.79 Å². The number of amides is 1. The van der Waals surface area contributed by atoms with Gasteiger partial charge in [0.1, 0.15) is 10.5 Å². The third-order valence-corrected chi connectivity index (χ3v) is 3.62. The zero-order valence-electron chi connectivity index (χ0n) is 12.8. The van der Waals surface area contributed by atoms with Crippen molar-refractivity contribution in [3.05, 3.63) is 45.6 Å². The molecular weight excluding hydrogens is 310 g/mol. The van der Waals surface area contributed by atoms with Crippen LogP contribution in [0.4, 0.5) is 5.82 Å². The molecule has 0 aliphatic heterocycles. The number of nitrogens with two attached hydrogens (primary N) is 2. The van der Waals surface area contributed by atoms with Gasteiger partial charge >= 0.3 is 0 Å². The zero-order chi connectivity index (χ0) is 17.0. The van der Waals surface area contributed by atoms with Gasteiger partial charge in [0.15, 0.2) is 0 Å². The highest BCUT2D eigenvalue weighted by Crippen LogP contribution is 2.29. The Morgan fingerprint density at radius 3 is 2.22 bits per heavy atom. The summed E-state index contributed by atoms with van der Waals surface area (Å²) in [4.78, 5) is 22.3. The Morgan fingerprint density at radius 1 is 1.13 bits per heavy atom. The lowest BCUT2D eigenvalue weighted by atomic mass is 9.95. The number of hydrogen-bond donors (Lipinski definition) is 3. The summed E-state index contributed by atoms with van der Waals surface area (Å²) in [7, 11) is 3.33. The number of aromatic amines is 1. The molecule has 0 radical (unpaired) electrons. The molecule has 0 unspecified atom stereocenters. The number of nitrogens with one attached hydrogen (secondary N) is 1. The second-order valence-corrected chi connectivity index (χ2v) is 5.19. The van der Waals surface area contributed by atoms with Gasteiger partial charge in [-0.2, -0.15) is 0 Å². The van der Waals surface area contributed by atoms with Crippen LogP contribution in [0, 0.1) is 4.64 Å². The average Bonchev–Trinajstić information content (AvgIpc) is 2.52. The molecule has 6 nitrogen and oxygen atoms in total. The third kappa shape index (κ3) is 3.35. The highest BCUT2D eigenvalue weighted by molar-refractivity contribution is 7.71. The summed E-state index contributed by atoms with van der Waals surface area (Å²) >= 11 is 5.36. The largest absolute Gasteiger partial charge is 0.385 e. The molecular formula is C16H17N5OS. The zero-order valence-corrected chi connectivity index (χ0v) is 13.6. The lowest BCUT2D eigenvalue weighted by Gasteiger charge is -2.13. The van der Waals surface area contributed by atoms with Crippen molar-refractivity contribution < 1.29 is 4.79 Å². The molecule has 7 heteroatoms. The summed E-state index contributed by atoms with van der Waals surface area (Å²) in [6, 6.07) is 6.91. The van der Waals surface area contributed by atoms with Crippen LogP contribution >= 0.6 is 12.2 Å². The van der Waals surface area contributed by atoms with Crippen LogP contribution in [0.1, 0.15) is 21.5 Å². The van der Waals surface area contributed by atoms with Gasteiger partial charge in [-0.25, -0.2) is 0 Å². The lowest BCUT2D eigenvalue weighted by molar-refractivity contribution is 0.100. The van der Waals surface area contributed by atoms with Crippen molar-refractivity contribution in [1.29, 1.82) is 0 Å². The Bertz CT molecular complexity index is 850. The van der Waals surface area contributed by atoms with Crippen molar-refractivity contribution in [3.8, 4) is 11.1 Å². The van der Waals surface area contributed by atoms with Gasteiger partial charge in [-0.05, 0) is 17.7 Å². The fourth-order valence-corrected chi connectivity index (χ4v) is 2.54. The van der Waals surface area contributed by atoms with E-state index in [1.165, 1.54) is 0 Å². The molecule has 0 saturated heterocycles. The normalized spacial score (nSPS) is 11.4. The summed E-state index contributed by atoms with van der Waals surface area (Å²) in [5.74, 6) is -0.0602. The number of benzene rings is 1. The lowest BCUT2D eigenvalue weighted by Crippen LogP contribution is -2.10. The van der Waals surface area contributed by atoms with Gasteiger partial charge < -0.3 is 16.5 Å². The average molecular weight is 327 g/mol. The number of primary amides is 1. The SMILES string of the molecule is CN=Cc1c(N)[nH]c(=S)c(C=NC)c1-c1ccc(C(N)=O)cc1. The van der Waals surface area contributed by atoms with Crippen molar-refractivity contribution in [1.82, 2.24) is 4.98 Å². The van der Waals surface area contributed by atoms with Gasteiger partial charge in [-0.3, -0.25) is 14.8 Å². The van der Waals surface area contributed by atoms with Crippen LogP contribution in [0.25, 0.3) is 11.1 Å². The van der Waals surface area contributed by atoms with Gasteiger partial charge in [0.05, 0.1) is 0 Å². The molecule has 1 heterocycles. The Labute approximate surface area is 139 Å². The number of carbonyl (C=O) groups is 1. The number of aliphatic imine (C=N–C) groups is 2. The molecule has 0 saturated carbocycles. The monoisotopic (exact) mass is 327 g/mol. The number of rotatable bonds is 4. The smallest absolute Gasteiger partial charge is 0.248 e. The van der Waals surface area contributed by atoms with Crippen molar-refractivity contribution in [2.45, 2.75) is 0 Å². The van der Waals surface area contributed by atoms with Crippen LogP contribution in [-0.4, -0.2) is 37.4 Å². The van der Waals surface area contributed by atoms with Crippen LogP contribution in [-0.2, 0) is 0 Å². The fraction of sp³-hybridized carbons (Fsp3) is 0.125. The van der Waals surface area contributed by atoms with Crippen molar-refractivity contribution >= 4 is 36.4 Å². The van der Waals surface area contributed by atoms with Crippen molar-refractivity contribution in [2.75, 3.05) is 19.8 Å². The fourth-order valence-electron chi connectivity index (χ4n) is 2.28. The second kappa shape index (κ2) is 6.97. The van der Waals surface area contributed by atoms with E-state index in [-0.39, 0.29) is 0 Å². The topological polar surface area (TPSA) is 110 Å². The van der Waals surface area contributed by atoms with E-state index in [1.807, 2.05) is 0 Å². The van der Waals surface area contributed by atoms with E-state index < -0.39 is 5.91 Å². The Balaban J connectivity index is 2.81. The summed E-state index contributed by atoms with van der Waals surface area (Å²) in [6.45, 7) is 0. The standard InChI is InChI=1S/C16H17N5OS/c1-19-7-11-13(9-3-5-10(6-4-9)15(18)22)12(8-20-2)16(23)21-14(11)17/h3-8H,1-2H3,(H2,18,22)(H3,17,21,23). The number of aromatic nitrogens is 1. The quantitative estimate of drug-likeness (QED) is 0.591. The van der Waals surface area contributed by atoms with E-state index in [2.05, 4.69) is 15.0 Å². The summed E-state index contributed by atoms with van der Waals surface area (Å²) in [6.07, 6.45) is 3.33. The maximum absolute atomic E-state index is 11.2. The van der Waals surface area contributed by atoms with E-state index in [1.54, 1.807) is 50.8 Å². The van der Waals surface area contributed by atoms with Gasteiger partial charge in [0.25, 0.3) is 0 Å².